The second kappa shape index (κ2) is 12.2. The van der Waals surface area contributed by atoms with Gasteiger partial charge in [-0.15, -0.1) is 0 Å². The van der Waals surface area contributed by atoms with Crippen LogP contribution < -0.4 is 10.1 Å². The summed E-state index contributed by atoms with van der Waals surface area (Å²) in [5.41, 5.74) is 1.98. The first kappa shape index (κ1) is 26.0. The van der Waals surface area contributed by atoms with Gasteiger partial charge in [0.15, 0.2) is 5.65 Å². The van der Waals surface area contributed by atoms with Crippen LogP contribution in [0.25, 0.3) is 11.0 Å². The summed E-state index contributed by atoms with van der Waals surface area (Å²) in [4.78, 5) is 52.9. The highest BCUT2D eigenvalue weighted by molar-refractivity contribution is 5.82. The van der Waals surface area contributed by atoms with Gasteiger partial charge in [-0.25, -0.2) is 15.0 Å². The number of hydrogen-bond acceptors (Lipinski definition) is 8. The van der Waals surface area contributed by atoms with E-state index in [4.69, 9.17) is 9.47 Å². The molecule has 3 aromatic heterocycles. The van der Waals surface area contributed by atoms with E-state index in [1.54, 1.807) is 36.4 Å². The van der Waals surface area contributed by atoms with Gasteiger partial charge < -0.3 is 19.7 Å². The first-order chi connectivity index (χ1) is 18.0. The minimum absolute atomic E-state index is 0.00145. The van der Waals surface area contributed by atoms with Crippen molar-refractivity contribution in [2.75, 3.05) is 26.8 Å². The summed E-state index contributed by atoms with van der Waals surface area (Å²) in [5, 5.41) is 3.92. The highest BCUT2D eigenvalue weighted by Crippen LogP contribution is 2.23. The first-order valence-electron chi connectivity index (χ1n) is 12.4. The Bertz CT molecular complexity index is 1240. The summed E-state index contributed by atoms with van der Waals surface area (Å²) in [7, 11) is 1.52. The molecule has 3 aromatic rings. The van der Waals surface area contributed by atoms with Crippen LogP contribution >= 0.6 is 0 Å². The molecule has 0 spiro atoms. The average Bonchev–Trinajstić information content (AvgIpc) is 2.93. The van der Waals surface area contributed by atoms with Gasteiger partial charge in [0.05, 0.1) is 38.3 Å². The second-order valence-corrected chi connectivity index (χ2v) is 8.89. The van der Waals surface area contributed by atoms with Gasteiger partial charge in [-0.3, -0.25) is 14.4 Å². The van der Waals surface area contributed by atoms with Gasteiger partial charge in [-0.05, 0) is 49.6 Å². The minimum Gasteiger partial charge on any atom is -0.481 e. The van der Waals surface area contributed by atoms with Crippen LogP contribution in [0.4, 0.5) is 0 Å². The molecule has 0 unspecified atom stereocenters. The number of carbonyl (C=O) groups is 3. The fourth-order valence-corrected chi connectivity index (χ4v) is 4.40. The Hall–Kier alpha value is -4.08. The molecule has 4 rings (SSSR count). The van der Waals surface area contributed by atoms with Gasteiger partial charge in [0, 0.05) is 42.9 Å². The van der Waals surface area contributed by atoms with Gasteiger partial charge in [-0.1, -0.05) is 6.07 Å². The highest BCUT2D eigenvalue weighted by atomic mass is 16.5. The molecular weight excluding hydrogens is 474 g/mol. The molecule has 2 amide bonds. The lowest BCUT2D eigenvalue weighted by molar-refractivity contribution is -0.144. The number of carbonyl (C=O) groups excluding carboxylic acids is 3. The van der Waals surface area contributed by atoms with E-state index < -0.39 is 12.0 Å². The Balaban J connectivity index is 1.33. The van der Waals surface area contributed by atoms with E-state index in [1.165, 1.54) is 7.11 Å². The number of hydrogen-bond donors (Lipinski definition) is 1. The molecule has 0 saturated carbocycles. The number of ether oxygens (including phenoxy) is 2. The van der Waals surface area contributed by atoms with Crippen LogP contribution in [0.15, 0.2) is 48.8 Å². The monoisotopic (exact) mass is 505 g/mol. The minimum atomic E-state index is -0.572. The highest BCUT2D eigenvalue weighted by Gasteiger charge is 2.30. The Labute approximate surface area is 215 Å². The van der Waals surface area contributed by atoms with E-state index in [0.717, 1.165) is 5.39 Å². The largest absolute Gasteiger partial charge is 0.481 e. The standard InChI is InChI=1S/C27H31N5O5/c1-3-37-25(34)16-22(20-7-9-23(36-2)29-17-20)31-27(35)19-10-13-32(14-11-19)24(33)15-21-8-6-18-5-4-12-28-26(18)30-21/h4-9,12,17,19,22H,3,10-11,13-16H2,1-2H3,(H,31,35)/t22-/m0/s1. The third-order valence-electron chi connectivity index (χ3n) is 6.44. The lowest BCUT2D eigenvalue weighted by Crippen LogP contribution is -2.44. The van der Waals surface area contributed by atoms with Crippen LogP contribution in [0, 0.1) is 5.92 Å². The van der Waals surface area contributed by atoms with Crippen molar-refractivity contribution in [3.8, 4) is 5.88 Å². The number of fused-ring (bicyclic) bond motifs is 1. The predicted molar refractivity (Wildman–Crippen MR) is 135 cm³/mol. The molecule has 194 valence electrons. The number of pyridine rings is 3. The first-order valence-corrected chi connectivity index (χ1v) is 12.4. The van der Waals surface area contributed by atoms with E-state index in [9.17, 15) is 14.4 Å². The normalized spacial score (nSPS) is 14.7. The van der Waals surface area contributed by atoms with E-state index in [2.05, 4.69) is 20.3 Å². The molecule has 0 aliphatic carbocycles. The summed E-state index contributed by atoms with van der Waals surface area (Å²) in [6.07, 6.45) is 4.53. The van der Waals surface area contributed by atoms with Crippen LogP contribution in [0.1, 0.15) is 43.5 Å². The number of esters is 1. The third kappa shape index (κ3) is 6.78. The van der Waals surface area contributed by atoms with E-state index in [-0.39, 0.29) is 37.2 Å². The molecule has 0 radical (unpaired) electrons. The third-order valence-corrected chi connectivity index (χ3v) is 6.44. The van der Waals surface area contributed by atoms with E-state index in [1.807, 2.05) is 24.3 Å². The maximum atomic E-state index is 13.1. The zero-order valence-corrected chi connectivity index (χ0v) is 21.1. The molecular formula is C27H31N5O5. The van der Waals surface area contributed by atoms with Gasteiger partial charge in [0.25, 0.3) is 0 Å². The maximum absolute atomic E-state index is 13.1. The number of likely N-dealkylation sites (tertiary alicyclic amines) is 1. The van der Waals surface area contributed by atoms with Crippen molar-refractivity contribution < 1.29 is 23.9 Å². The fraction of sp³-hybridized carbons (Fsp3) is 0.407. The zero-order chi connectivity index (χ0) is 26.2. The zero-order valence-electron chi connectivity index (χ0n) is 21.1. The van der Waals surface area contributed by atoms with Crippen molar-refractivity contribution in [2.45, 2.75) is 38.6 Å². The van der Waals surface area contributed by atoms with E-state index >= 15 is 0 Å². The van der Waals surface area contributed by atoms with Crippen LogP contribution in [0.5, 0.6) is 5.88 Å². The lowest BCUT2D eigenvalue weighted by Gasteiger charge is -2.32. The molecule has 1 aliphatic heterocycles. The van der Waals surface area contributed by atoms with Gasteiger partial charge in [0.1, 0.15) is 0 Å². The molecule has 1 atom stereocenters. The molecule has 1 aliphatic rings. The summed E-state index contributed by atoms with van der Waals surface area (Å²) >= 11 is 0. The number of methoxy groups -OCH3 is 1. The van der Waals surface area contributed by atoms with Crippen molar-refractivity contribution in [1.29, 1.82) is 0 Å². The number of amides is 2. The quantitative estimate of drug-likeness (QED) is 0.440. The summed E-state index contributed by atoms with van der Waals surface area (Å²) in [5.74, 6) is -0.396. The Morgan fingerprint density at radius 3 is 2.62 bits per heavy atom. The van der Waals surface area contributed by atoms with Crippen LogP contribution in [0.3, 0.4) is 0 Å². The van der Waals surface area contributed by atoms with Gasteiger partial charge in [0.2, 0.25) is 17.7 Å². The van der Waals surface area contributed by atoms with Crippen LogP contribution in [-0.4, -0.2) is 64.4 Å². The molecule has 1 saturated heterocycles. The topological polar surface area (TPSA) is 124 Å². The fourth-order valence-electron chi connectivity index (χ4n) is 4.40. The molecule has 4 heterocycles. The summed E-state index contributed by atoms with van der Waals surface area (Å²) in [6, 6.07) is 10.4. The molecule has 0 bridgehead atoms. The predicted octanol–water partition coefficient (Wildman–Crippen LogP) is 2.63. The molecule has 10 nitrogen and oxygen atoms in total. The van der Waals surface area contributed by atoms with Crippen LogP contribution in [0.2, 0.25) is 0 Å². The number of nitrogens with one attached hydrogen (secondary N) is 1. The smallest absolute Gasteiger partial charge is 0.308 e. The second-order valence-electron chi connectivity index (χ2n) is 8.89. The SMILES string of the molecule is CCOC(=O)C[C@H](NC(=O)C1CCN(C(=O)Cc2ccc3cccnc3n2)CC1)c1ccc(OC)nc1. The molecule has 1 fully saturated rings. The van der Waals surface area contributed by atoms with E-state index in [0.29, 0.717) is 48.7 Å². The lowest BCUT2D eigenvalue weighted by atomic mass is 9.94. The maximum Gasteiger partial charge on any atom is 0.308 e. The number of rotatable bonds is 9. The molecule has 0 aromatic carbocycles. The van der Waals surface area contributed by atoms with Crippen molar-refractivity contribution in [1.82, 2.24) is 25.2 Å². The Morgan fingerprint density at radius 2 is 1.92 bits per heavy atom. The number of aromatic nitrogens is 3. The number of nitrogens with zero attached hydrogens (tertiary/aromatic N) is 4. The average molecular weight is 506 g/mol. The van der Waals surface area contributed by atoms with Crippen molar-refractivity contribution in [2.24, 2.45) is 5.92 Å². The Morgan fingerprint density at radius 1 is 1.11 bits per heavy atom. The summed E-state index contributed by atoms with van der Waals surface area (Å²) in [6.45, 7) is 2.96. The molecule has 10 heteroatoms. The van der Waals surface area contributed by atoms with Gasteiger partial charge >= 0.3 is 5.97 Å². The molecule has 37 heavy (non-hydrogen) atoms. The molecule has 1 N–H and O–H groups in total. The Kier molecular flexibility index (Phi) is 8.60. The summed E-state index contributed by atoms with van der Waals surface area (Å²) < 4.78 is 10.2. The number of piperidine rings is 1. The van der Waals surface area contributed by atoms with Crippen molar-refractivity contribution in [3.05, 3.63) is 60.0 Å². The van der Waals surface area contributed by atoms with Crippen molar-refractivity contribution >= 4 is 28.8 Å². The van der Waals surface area contributed by atoms with Crippen molar-refractivity contribution in [3.63, 3.8) is 0 Å². The van der Waals surface area contributed by atoms with Gasteiger partial charge in [-0.2, -0.15) is 0 Å². The van der Waals surface area contributed by atoms with Crippen LogP contribution in [-0.2, 0) is 25.5 Å².